The molecule has 0 saturated carbocycles. The Hall–Kier alpha value is -1.62. The minimum atomic E-state index is -0.529. The van der Waals surface area contributed by atoms with Gasteiger partial charge >= 0.3 is 0 Å². The number of fused-ring (bicyclic) bond motifs is 1. The van der Waals surface area contributed by atoms with Crippen LogP contribution in [0.5, 0.6) is 0 Å². The number of nitrogens with one attached hydrogen (secondary N) is 1. The maximum Gasteiger partial charge on any atom is 0.145 e. The van der Waals surface area contributed by atoms with Gasteiger partial charge in [-0.3, -0.25) is 0 Å². The molecule has 3 rings (SSSR count). The van der Waals surface area contributed by atoms with Crippen molar-refractivity contribution in [3.8, 4) is 0 Å². The first kappa shape index (κ1) is 14.3. The van der Waals surface area contributed by atoms with Crippen LogP contribution in [0.4, 0.5) is 20.2 Å². The molecule has 1 atom stereocenters. The van der Waals surface area contributed by atoms with Gasteiger partial charge in [0.2, 0.25) is 0 Å². The van der Waals surface area contributed by atoms with E-state index < -0.39 is 11.6 Å². The fourth-order valence-corrected chi connectivity index (χ4v) is 2.98. The number of benzene rings is 2. The Balaban J connectivity index is 2.00. The SMILES string of the molecule is CC1CNc2ccccc2N1Cc1c(F)ccc(Br)c1F. The molecule has 1 aliphatic rings. The Morgan fingerprint density at radius 2 is 2.00 bits per heavy atom. The zero-order valence-electron chi connectivity index (χ0n) is 11.5. The molecule has 0 fully saturated rings. The third-order valence-corrected chi connectivity index (χ3v) is 4.41. The molecular formula is C16H15BrF2N2. The van der Waals surface area contributed by atoms with Gasteiger partial charge in [-0.15, -0.1) is 0 Å². The second-order valence-electron chi connectivity index (χ2n) is 5.20. The lowest BCUT2D eigenvalue weighted by molar-refractivity contribution is 0.534. The van der Waals surface area contributed by atoms with Crippen LogP contribution in [-0.2, 0) is 6.54 Å². The first-order valence-corrected chi connectivity index (χ1v) is 7.59. The Bertz CT molecular complexity index is 675. The summed E-state index contributed by atoms with van der Waals surface area (Å²) >= 11 is 3.12. The van der Waals surface area contributed by atoms with Gasteiger partial charge in [-0.05, 0) is 47.1 Å². The van der Waals surface area contributed by atoms with Gasteiger partial charge in [0, 0.05) is 24.7 Å². The number of rotatable bonds is 2. The molecule has 0 radical (unpaired) electrons. The van der Waals surface area contributed by atoms with E-state index in [0.717, 1.165) is 17.9 Å². The number of hydrogen-bond acceptors (Lipinski definition) is 2. The Morgan fingerprint density at radius 3 is 2.81 bits per heavy atom. The second kappa shape index (κ2) is 5.64. The van der Waals surface area contributed by atoms with Gasteiger partial charge in [0.05, 0.1) is 15.8 Å². The molecule has 0 aromatic heterocycles. The van der Waals surface area contributed by atoms with Gasteiger partial charge in [0.1, 0.15) is 11.6 Å². The van der Waals surface area contributed by atoms with Gasteiger partial charge in [0.15, 0.2) is 0 Å². The Kier molecular flexibility index (Phi) is 3.85. The number of hydrogen-bond donors (Lipinski definition) is 1. The molecule has 0 spiro atoms. The van der Waals surface area contributed by atoms with Crippen molar-refractivity contribution < 1.29 is 8.78 Å². The van der Waals surface area contributed by atoms with Crippen molar-refractivity contribution in [2.45, 2.75) is 19.5 Å². The van der Waals surface area contributed by atoms with Crippen LogP contribution in [0.15, 0.2) is 40.9 Å². The molecule has 5 heteroatoms. The summed E-state index contributed by atoms with van der Waals surface area (Å²) in [6.07, 6.45) is 0. The predicted molar refractivity (Wildman–Crippen MR) is 84.6 cm³/mol. The molecule has 1 aliphatic heterocycles. The molecule has 1 heterocycles. The molecule has 1 unspecified atom stereocenters. The van der Waals surface area contributed by atoms with E-state index >= 15 is 0 Å². The molecule has 2 nitrogen and oxygen atoms in total. The van der Waals surface area contributed by atoms with E-state index in [4.69, 9.17) is 0 Å². The largest absolute Gasteiger partial charge is 0.381 e. The number of anilines is 2. The molecule has 0 bridgehead atoms. The van der Waals surface area contributed by atoms with Crippen LogP contribution < -0.4 is 10.2 Å². The average Bonchev–Trinajstić information content (AvgIpc) is 2.49. The summed E-state index contributed by atoms with van der Waals surface area (Å²) in [5, 5.41) is 3.33. The molecule has 0 saturated heterocycles. The smallest absolute Gasteiger partial charge is 0.145 e. The molecular weight excluding hydrogens is 338 g/mol. The van der Waals surface area contributed by atoms with Crippen molar-refractivity contribution in [1.29, 1.82) is 0 Å². The van der Waals surface area contributed by atoms with Gasteiger partial charge in [-0.1, -0.05) is 12.1 Å². The minimum Gasteiger partial charge on any atom is -0.381 e. The van der Waals surface area contributed by atoms with Gasteiger partial charge < -0.3 is 10.2 Å². The number of nitrogens with zero attached hydrogens (tertiary/aromatic N) is 1. The first-order chi connectivity index (χ1) is 10.1. The Morgan fingerprint density at radius 1 is 1.24 bits per heavy atom. The van der Waals surface area contributed by atoms with E-state index in [9.17, 15) is 8.78 Å². The molecule has 0 aliphatic carbocycles. The summed E-state index contributed by atoms with van der Waals surface area (Å²) < 4.78 is 28.5. The highest BCUT2D eigenvalue weighted by atomic mass is 79.9. The summed E-state index contributed by atoms with van der Waals surface area (Å²) in [6.45, 7) is 2.99. The highest BCUT2D eigenvalue weighted by Gasteiger charge is 2.25. The maximum atomic E-state index is 14.2. The molecule has 0 amide bonds. The van der Waals surface area contributed by atoms with Crippen molar-refractivity contribution in [2.75, 3.05) is 16.8 Å². The van der Waals surface area contributed by atoms with Crippen molar-refractivity contribution in [1.82, 2.24) is 0 Å². The van der Waals surface area contributed by atoms with Crippen molar-refractivity contribution in [2.24, 2.45) is 0 Å². The highest BCUT2D eigenvalue weighted by Crippen LogP contribution is 2.33. The maximum absolute atomic E-state index is 14.2. The highest BCUT2D eigenvalue weighted by molar-refractivity contribution is 9.10. The zero-order valence-corrected chi connectivity index (χ0v) is 13.1. The Labute approximate surface area is 130 Å². The molecule has 1 N–H and O–H groups in total. The number of para-hydroxylation sites is 2. The van der Waals surface area contributed by atoms with E-state index in [0.29, 0.717) is 0 Å². The topological polar surface area (TPSA) is 15.3 Å². The normalized spacial score (nSPS) is 17.3. The predicted octanol–water partition coefficient (Wildman–Crippen LogP) is 4.55. The number of halogens is 3. The molecule has 110 valence electrons. The zero-order chi connectivity index (χ0) is 15.0. The third-order valence-electron chi connectivity index (χ3n) is 3.80. The van der Waals surface area contributed by atoms with Crippen LogP contribution in [0.1, 0.15) is 12.5 Å². The lowest BCUT2D eigenvalue weighted by atomic mass is 10.1. The summed E-state index contributed by atoms with van der Waals surface area (Å²) in [6, 6.07) is 10.6. The van der Waals surface area contributed by atoms with Crippen molar-refractivity contribution >= 4 is 27.3 Å². The van der Waals surface area contributed by atoms with E-state index in [1.807, 2.05) is 36.1 Å². The fraction of sp³-hybridized carbons (Fsp3) is 0.250. The minimum absolute atomic E-state index is 0.0907. The monoisotopic (exact) mass is 352 g/mol. The molecule has 2 aromatic carbocycles. The van der Waals surface area contributed by atoms with Crippen LogP contribution in [-0.4, -0.2) is 12.6 Å². The average molecular weight is 353 g/mol. The van der Waals surface area contributed by atoms with Crippen molar-refractivity contribution in [3.05, 3.63) is 58.1 Å². The first-order valence-electron chi connectivity index (χ1n) is 6.80. The van der Waals surface area contributed by atoms with Crippen LogP contribution in [0, 0.1) is 11.6 Å². The van der Waals surface area contributed by atoms with E-state index in [1.165, 1.54) is 12.1 Å². The van der Waals surface area contributed by atoms with Gasteiger partial charge in [-0.2, -0.15) is 0 Å². The molecule has 21 heavy (non-hydrogen) atoms. The lowest BCUT2D eigenvalue weighted by Crippen LogP contribution is -2.41. The van der Waals surface area contributed by atoms with Crippen LogP contribution in [0.3, 0.4) is 0 Å². The molecule has 2 aromatic rings. The van der Waals surface area contributed by atoms with Crippen LogP contribution >= 0.6 is 15.9 Å². The van der Waals surface area contributed by atoms with E-state index in [2.05, 4.69) is 21.2 Å². The summed E-state index contributed by atoms with van der Waals surface area (Å²) in [7, 11) is 0. The third kappa shape index (κ3) is 2.62. The quantitative estimate of drug-likeness (QED) is 0.797. The van der Waals surface area contributed by atoms with Crippen LogP contribution in [0.2, 0.25) is 0 Å². The van der Waals surface area contributed by atoms with E-state index in [-0.39, 0.29) is 22.6 Å². The fourth-order valence-electron chi connectivity index (χ4n) is 2.60. The van der Waals surface area contributed by atoms with Crippen molar-refractivity contribution in [3.63, 3.8) is 0 Å². The van der Waals surface area contributed by atoms with Crippen LogP contribution in [0.25, 0.3) is 0 Å². The van der Waals surface area contributed by atoms with E-state index in [1.54, 1.807) is 0 Å². The second-order valence-corrected chi connectivity index (χ2v) is 6.05. The summed E-state index contributed by atoms with van der Waals surface area (Å²) in [4.78, 5) is 2.03. The van der Waals surface area contributed by atoms with Gasteiger partial charge in [-0.25, -0.2) is 8.78 Å². The standard InChI is InChI=1S/C16H15BrF2N2/c1-10-8-20-14-4-2-3-5-15(14)21(10)9-11-13(18)7-6-12(17)16(11)19/h2-7,10,20H,8-9H2,1H3. The summed E-state index contributed by atoms with van der Waals surface area (Å²) in [5.41, 5.74) is 2.05. The van der Waals surface area contributed by atoms with Gasteiger partial charge in [0.25, 0.3) is 0 Å². The summed E-state index contributed by atoms with van der Waals surface area (Å²) in [5.74, 6) is -1.04. The lowest BCUT2D eigenvalue weighted by Gasteiger charge is -2.37.